The van der Waals surface area contributed by atoms with Crippen LogP contribution in [-0.2, 0) is 32.6 Å². The number of fused-ring (bicyclic) bond motifs is 1. The van der Waals surface area contributed by atoms with Crippen molar-refractivity contribution in [2.24, 2.45) is 0 Å². The molecule has 0 bridgehead atoms. The number of carbonyl (C=O) groups is 2. The Kier molecular flexibility index (Phi) is 9.55. The fourth-order valence-corrected chi connectivity index (χ4v) is 6.57. The molecule has 1 aliphatic heterocycles. The molecule has 1 atom stereocenters. The molecule has 43 heavy (non-hydrogen) atoms. The molecule has 9 nitrogen and oxygen atoms in total. The molecular weight excluding hydrogens is 566 g/mol. The Morgan fingerprint density at radius 2 is 1.60 bits per heavy atom. The summed E-state index contributed by atoms with van der Waals surface area (Å²) in [5, 5.41) is 3.19. The van der Waals surface area contributed by atoms with Crippen molar-refractivity contribution in [3.63, 3.8) is 0 Å². The zero-order valence-corrected chi connectivity index (χ0v) is 25.5. The molecule has 1 heterocycles. The Bertz CT molecular complexity index is 1540. The number of benzene rings is 3. The third-order valence-electron chi connectivity index (χ3n) is 7.90. The molecule has 10 heteroatoms. The standard InChI is InChI=1S/C33H39N3O6S/c1-24-9-8-12-26(19-24)22-35(29(20-25-10-4-3-5-11-25)33(38)34-27-13-6-7-14-27)32(37)23-36(43(2,39)40)28-15-16-30-31(21-28)42-18-17-41-30/h3-5,8-12,15-16,19,21,27,29H,6-7,13-14,17-18,20,22-23H2,1-2H3,(H,34,38)/t29-/m1/s1. The summed E-state index contributed by atoms with van der Waals surface area (Å²) in [6.07, 6.45) is 5.28. The highest BCUT2D eigenvalue weighted by molar-refractivity contribution is 7.92. The molecular formula is C33H39N3O6S. The summed E-state index contributed by atoms with van der Waals surface area (Å²) in [7, 11) is -3.89. The number of nitrogens with one attached hydrogen (secondary N) is 1. The molecule has 3 aromatic carbocycles. The average molecular weight is 606 g/mol. The van der Waals surface area contributed by atoms with Crippen molar-refractivity contribution in [3.8, 4) is 11.5 Å². The van der Waals surface area contributed by atoms with E-state index in [0.717, 1.165) is 52.9 Å². The van der Waals surface area contributed by atoms with E-state index in [1.54, 1.807) is 18.2 Å². The van der Waals surface area contributed by atoms with Gasteiger partial charge in [-0.2, -0.15) is 0 Å². The van der Waals surface area contributed by atoms with E-state index in [0.29, 0.717) is 31.1 Å². The second kappa shape index (κ2) is 13.5. The number of anilines is 1. The molecule has 0 saturated heterocycles. The van der Waals surface area contributed by atoms with E-state index in [9.17, 15) is 18.0 Å². The van der Waals surface area contributed by atoms with Crippen LogP contribution in [0.2, 0.25) is 0 Å². The van der Waals surface area contributed by atoms with E-state index in [1.165, 1.54) is 4.90 Å². The first-order valence-corrected chi connectivity index (χ1v) is 16.6. The second-order valence-corrected chi connectivity index (χ2v) is 13.2. The van der Waals surface area contributed by atoms with Gasteiger partial charge in [-0.3, -0.25) is 13.9 Å². The van der Waals surface area contributed by atoms with Gasteiger partial charge in [0, 0.05) is 25.1 Å². The normalized spacial score (nSPS) is 15.5. The second-order valence-electron chi connectivity index (χ2n) is 11.3. The van der Waals surface area contributed by atoms with Crippen molar-refractivity contribution in [2.75, 3.05) is 30.3 Å². The van der Waals surface area contributed by atoms with Gasteiger partial charge in [-0.15, -0.1) is 0 Å². The van der Waals surface area contributed by atoms with Crippen molar-refractivity contribution in [2.45, 2.75) is 57.7 Å². The van der Waals surface area contributed by atoms with Gasteiger partial charge >= 0.3 is 0 Å². The van der Waals surface area contributed by atoms with Crippen LogP contribution in [0.25, 0.3) is 0 Å². The highest BCUT2D eigenvalue weighted by atomic mass is 32.2. The molecule has 1 saturated carbocycles. The smallest absolute Gasteiger partial charge is 0.244 e. The number of hydrogen-bond acceptors (Lipinski definition) is 6. The number of hydrogen-bond donors (Lipinski definition) is 1. The number of amides is 2. The van der Waals surface area contributed by atoms with E-state index in [4.69, 9.17) is 9.47 Å². The predicted octanol–water partition coefficient (Wildman–Crippen LogP) is 4.23. The molecule has 0 aromatic heterocycles. The molecule has 3 aromatic rings. The fourth-order valence-electron chi connectivity index (χ4n) is 5.73. The first kappa shape index (κ1) is 30.4. The van der Waals surface area contributed by atoms with Crippen molar-refractivity contribution in [1.29, 1.82) is 0 Å². The van der Waals surface area contributed by atoms with Crippen molar-refractivity contribution in [1.82, 2.24) is 10.2 Å². The highest BCUT2D eigenvalue weighted by Crippen LogP contribution is 2.35. The van der Waals surface area contributed by atoms with E-state index < -0.39 is 28.5 Å². The molecule has 2 amide bonds. The van der Waals surface area contributed by atoms with Crippen LogP contribution in [0.15, 0.2) is 72.8 Å². The summed E-state index contributed by atoms with van der Waals surface area (Å²) >= 11 is 0. The van der Waals surface area contributed by atoms with Crippen LogP contribution in [0.1, 0.15) is 42.4 Å². The Hall–Kier alpha value is -4.05. The van der Waals surface area contributed by atoms with Crippen molar-refractivity contribution < 1.29 is 27.5 Å². The zero-order valence-electron chi connectivity index (χ0n) is 24.7. The summed E-state index contributed by atoms with van der Waals surface area (Å²) < 4.78 is 38.5. The van der Waals surface area contributed by atoms with Gasteiger partial charge in [0.05, 0.1) is 11.9 Å². The van der Waals surface area contributed by atoms with Crippen LogP contribution < -0.4 is 19.1 Å². The van der Waals surface area contributed by atoms with E-state index in [2.05, 4.69) is 5.32 Å². The van der Waals surface area contributed by atoms with E-state index in [-0.39, 0.29) is 24.2 Å². The van der Waals surface area contributed by atoms with Gasteiger partial charge in [-0.25, -0.2) is 8.42 Å². The quantitative estimate of drug-likeness (QED) is 0.351. The lowest BCUT2D eigenvalue weighted by atomic mass is 10.0. The topological polar surface area (TPSA) is 105 Å². The van der Waals surface area contributed by atoms with Crippen LogP contribution in [0.5, 0.6) is 11.5 Å². The molecule has 1 N–H and O–H groups in total. The van der Waals surface area contributed by atoms with Crippen LogP contribution in [0.3, 0.4) is 0 Å². The number of rotatable bonds is 11. The Morgan fingerprint density at radius 3 is 2.30 bits per heavy atom. The largest absolute Gasteiger partial charge is 0.486 e. The summed E-state index contributed by atoms with van der Waals surface area (Å²) in [4.78, 5) is 29.8. The number of aryl methyl sites for hydroxylation is 1. The molecule has 2 aliphatic rings. The lowest BCUT2D eigenvalue weighted by Gasteiger charge is -2.34. The number of sulfonamides is 1. The van der Waals surface area contributed by atoms with Gasteiger partial charge in [0.15, 0.2) is 11.5 Å². The van der Waals surface area contributed by atoms with Gasteiger partial charge in [-0.1, -0.05) is 73.0 Å². The summed E-state index contributed by atoms with van der Waals surface area (Å²) in [6.45, 7) is 2.38. The van der Waals surface area contributed by atoms with Gasteiger partial charge in [0.1, 0.15) is 25.8 Å². The summed E-state index contributed by atoms with van der Waals surface area (Å²) in [5.41, 5.74) is 3.06. The fraction of sp³-hybridized carbons (Fsp3) is 0.394. The first-order chi connectivity index (χ1) is 20.7. The maximum Gasteiger partial charge on any atom is 0.244 e. The summed E-state index contributed by atoms with van der Waals surface area (Å²) in [5.74, 6) is 0.216. The van der Waals surface area contributed by atoms with Gasteiger partial charge < -0.3 is 19.7 Å². The molecule has 0 unspecified atom stereocenters. The minimum absolute atomic E-state index is 0.0620. The molecule has 228 valence electrons. The monoisotopic (exact) mass is 605 g/mol. The number of ether oxygens (including phenoxy) is 2. The van der Waals surface area contributed by atoms with Crippen LogP contribution in [0.4, 0.5) is 5.69 Å². The van der Waals surface area contributed by atoms with E-state index in [1.807, 2.05) is 61.5 Å². The van der Waals surface area contributed by atoms with Crippen molar-refractivity contribution >= 4 is 27.5 Å². The average Bonchev–Trinajstić information content (AvgIpc) is 3.50. The molecule has 0 spiro atoms. The van der Waals surface area contributed by atoms with Crippen LogP contribution in [-0.4, -0.2) is 63.2 Å². The highest BCUT2D eigenvalue weighted by Gasteiger charge is 2.34. The Morgan fingerprint density at radius 1 is 0.907 bits per heavy atom. The lowest BCUT2D eigenvalue weighted by Crippen LogP contribution is -2.54. The van der Waals surface area contributed by atoms with E-state index >= 15 is 0 Å². The first-order valence-electron chi connectivity index (χ1n) is 14.7. The van der Waals surface area contributed by atoms with Gasteiger partial charge in [0.2, 0.25) is 21.8 Å². The molecule has 1 aliphatic carbocycles. The molecule has 5 rings (SSSR count). The van der Waals surface area contributed by atoms with Crippen LogP contribution >= 0.6 is 0 Å². The third-order valence-corrected chi connectivity index (χ3v) is 9.04. The maximum absolute atomic E-state index is 14.3. The minimum Gasteiger partial charge on any atom is -0.486 e. The molecule has 0 radical (unpaired) electrons. The van der Waals surface area contributed by atoms with Gasteiger partial charge in [0.25, 0.3) is 0 Å². The third kappa shape index (κ3) is 7.87. The predicted molar refractivity (Wildman–Crippen MR) is 166 cm³/mol. The van der Waals surface area contributed by atoms with Crippen LogP contribution in [0, 0.1) is 6.92 Å². The zero-order chi connectivity index (χ0) is 30.4. The SMILES string of the molecule is Cc1cccc(CN(C(=O)CN(c2ccc3c(c2)OCCO3)S(C)(=O)=O)[C@H](Cc2ccccc2)C(=O)NC2CCCC2)c1. The lowest BCUT2D eigenvalue weighted by molar-refractivity contribution is -0.140. The number of nitrogens with zero attached hydrogens (tertiary/aromatic N) is 2. The van der Waals surface area contributed by atoms with Crippen molar-refractivity contribution in [3.05, 3.63) is 89.5 Å². The van der Waals surface area contributed by atoms with Gasteiger partial charge in [-0.05, 0) is 43.0 Å². The molecule has 1 fully saturated rings. The Balaban J connectivity index is 1.50. The Labute approximate surface area is 253 Å². The minimum atomic E-state index is -3.89. The maximum atomic E-state index is 14.3. The number of carbonyl (C=O) groups excluding carboxylic acids is 2. The summed E-state index contributed by atoms with van der Waals surface area (Å²) in [6, 6.07) is 21.4.